The quantitative estimate of drug-likeness (QED) is 0.855. The van der Waals surface area contributed by atoms with E-state index in [1.54, 1.807) is 7.11 Å². The standard InChI is InChI=1S/C18H21NO2/c1-13(14-7-4-3-5-8-14)19-12-17(19)18(20)15-9-6-10-16(11-15)21-2/h3-11,13,17-18,20H,12H2,1-2H3/t13-,17+,18+,19?/m1/s1. The number of benzene rings is 2. The highest BCUT2D eigenvalue weighted by Gasteiger charge is 2.43. The van der Waals surface area contributed by atoms with E-state index in [0.717, 1.165) is 17.9 Å². The fourth-order valence-corrected chi connectivity index (χ4v) is 2.87. The summed E-state index contributed by atoms with van der Waals surface area (Å²) in [6, 6.07) is 18.6. The van der Waals surface area contributed by atoms with Crippen LogP contribution in [0, 0.1) is 0 Å². The van der Waals surface area contributed by atoms with E-state index in [1.807, 2.05) is 30.3 Å². The van der Waals surface area contributed by atoms with Crippen LogP contribution in [0.15, 0.2) is 54.6 Å². The Morgan fingerprint density at radius 2 is 1.81 bits per heavy atom. The Morgan fingerprint density at radius 1 is 1.10 bits per heavy atom. The molecule has 110 valence electrons. The van der Waals surface area contributed by atoms with Gasteiger partial charge in [0.2, 0.25) is 0 Å². The lowest BCUT2D eigenvalue weighted by atomic mass is 10.1. The summed E-state index contributed by atoms with van der Waals surface area (Å²) in [6.07, 6.45) is -0.466. The van der Waals surface area contributed by atoms with Crippen molar-refractivity contribution in [1.29, 1.82) is 0 Å². The molecule has 1 saturated heterocycles. The number of aliphatic hydroxyl groups excluding tert-OH is 1. The van der Waals surface area contributed by atoms with Gasteiger partial charge < -0.3 is 9.84 Å². The first-order valence-corrected chi connectivity index (χ1v) is 7.33. The Labute approximate surface area is 125 Å². The molecular weight excluding hydrogens is 262 g/mol. The molecule has 2 aromatic rings. The van der Waals surface area contributed by atoms with Crippen molar-refractivity contribution in [3.63, 3.8) is 0 Å². The van der Waals surface area contributed by atoms with Crippen molar-refractivity contribution in [3.8, 4) is 5.75 Å². The Bertz CT molecular complexity index is 599. The van der Waals surface area contributed by atoms with Crippen molar-refractivity contribution in [2.45, 2.75) is 25.1 Å². The largest absolute Gasteiger partial charge is 0.497 e. The highest BCUT2D eigenvalue weighted by atomic mass is 16.5. The van der Waals surface area contributed by atoms with Gasteiger partial charge in [-0.25, -0.2) is 0 Å². The van der Waals surface area contributed by atoms with E-state index in [9.17, 15) is 5.11 Å². The molecule has 0 radical (unpaired) electrons. The maximum atomic E-state index is 10.5. The molecule has 0 amide bonds. The van der Waals surface area contributed by atoms with E-state index in [2.05, 4.69) is 36.1 Å². The molecule has 0 spiro atoms. The molecule has 1 aliphatic rings. The number of rotatable bonds is 5. The Morgan fingerprint density at radius 3 is 2.52 bits per heavy atom. The van der Waals surface area contributed by atoms with Gasteiger partial charge in [-0.1, -0.05) is 42.5 Å². The minimum atomic E-state index is -0.466. The molecule has 21 heavy (non-hydrogen) atoms. The third-order valence-corrected chi connectivity index (χ3v) is 4.27. The van der Waals surface area contributed by atoms with Gasteiger partial charge in [-0.3, -0.25) is 4.90 Å². The minimum absolute atomic E-state index is 0.187. The summed E-state index contributed by atoms with van der Waals surface area (Å²) >= 11 is 0. The molecule has 1 fully saturated rings. The van der Waals surface area contributed by atoms with Gasteiger partial charge in [-0.05, 0) is 30.2 Å². The molecular formula is C18H21NO2. The third kappa shape index (κ3) is 2.94. The van der Waals surface area contributed by atoms with Gasteiger partial charge in [0, 0.05) is 12.6 Å². The van der Waals surface area contributed by atoms with Crippen molar-refractivity contribution >= 4 is 0 Å². The lowest BCUT2D eigenvalue weighted by molar-refractivity contribution is 0.151. The van der Waals surface area contributed by atoms with Gasteiger partial charge in [-0.2, -0.15) is 0 Å². The number of aliphatic hydroxyl groups is 1. The molecule has 0 aromatic heterocycles. The average Bonchev–Trinajstić information content (AvgIpc) is 3.35. The van der Waals surface area contributed by atoms with Crippen LogP contribution in [0.3, 0.4) is 0 Å². The maximum absolute atomic E-state index is 10.5. The monoisotopic (exact) mass is 283 g/mol. The fourth-order valence-electron chi connectivity index (χ4n) is 2.87. The number of hydrogen-bond acceptors (Lipinski definition) is 3. The Kier molecular flexibility index (Phi) is 3.95. The van der Waals surface area contributed by atoms with E-state index in [-0.39, 0.29) is 6.04 Å². The van der Waals surface area contributed by atoms with E-state index in [1.165, 1.54) is 5.56 Å². The van der Waals surface area contributed by atoms with Gasteiger partial charge in [-0.15, -0.1) is 0 Å². The van der Waals surface area contributed by atoms with Crippen LogP contribution in [0.5, 0.6) is 5.75 Å². The van der Waals surface area contributed by atoms with Crippen LogP contribution in [0.4, 0.5) is 0 Å². The topological polar surface area (TPSA) is 32.5 Å². The summed E-state index contributed by atoms with van der Waals surface area (Å²) in [4.78, 5) is 2.32. The zero-order valence-electron chi connectivity index (χ0n) is 12.4. The molecule has 3 heteroatoms. The smallest absolute Gasteiger partial charge is 0.119 e. The van der Waals surface area contributed by atoms with Gasteiger partial charge in [0.15, 0.2) is 0 Å². The van der Waals surface area contributed by atoms with E-state index < -0.39 is 6.10 Å². The summed E-state index contributed by atoms with van der Waals surface area (Å²) < 4.78 is 5.22. The SMILES string of the molecule is COc1cccc([C@H](O)[C@@H]2CN2[C@H](C)c2ccccc2)c1. The first-order chi connectivity index (χ1) is 10.2. The van der Waals surface area contributed by atoms with Gasteiger partial charge in [0.1, 0.15) is 5.75 Å². The molecule has 1 unspecified atom stereocenters. The van der Waals surface area contributed by atoms with Crippen LogP contribution in [0.1, 0.15) is 30.2 Å². The summed E-state index contributed by atoms with van der Waals surface area (Å²) in [7, 11) is 1.65. The number of ether oxygens (including phenoxy) is 1. The predicted molar refractivity (Wildman–Crippen MR) is 83.3 cm³/mol. The van der Waals surface area contributed by atoms with Crippen LogP contribution in [0.2, 0.25) is 0 Å². The minimum Gasteiger partial charge on any atom is -0.497 e. The van der Waals surface area contributed by atoms with Crippen LogP contribution in [-0.4, -0.2) is 29.7 Å². The number of hydrogen-bond donors (Lipinski definition) is 1. The molecule has 0 saturated carbocycles. The van der Waals surface area contributed by atoms with E-state index >= 15 is 0 Å². The van der Waals surface area contributed by atoms with Crippen molar-refractivity contribution in [2.24, 2.45) is 0 Å². The predicted octanol–water partition coefficient (Wildman–Crippen LogP) is 3.17. The summed E-state index contributed by atoms with van der Waals surface area (Å²) in [5.41, 5.74) is 2.21. The third-order valence-electron chi connectivity index (χ3n) is 4.27. The second kappa shape index (κ2) is 5.88. The van der Waals surface area contributed by atoms with E-state index in [0.29, 0.717) is 6.04 Å². The molecule has 4 atom stereocenters. The summed E-state index contributed by atoms with van der Waals surface area (Å²) in [5.74, 6) is 0.787. The second-order valence-electron chi connectivity index (χ2n) is 5.57. The van der Waals surface area contributed by atoms with Crippen molar-refractivity contribution in [3.05, 3.63) is 65.7 Å². The molecule has 3 rings (SSSR count). The zero-order valence-corrected chi connectivity index (χ0v) is 12.4. The molecule has 1 N–H and O–H groups in total. The van der Waals surface area contributed by atoms with Gasteiger partial charge in [0.05, 0.1) is 19.3 Å². The highest BCUT2D eigenvalue weighted by molar-refractivity contribution is 5.32. The average molecular weight is 283 g/mol. The Hall–Kier alpha value is -1.84. The maximum Gasteiger partial charge on any atom is 0.119 e. The molecule has 1 heterocycles. The zero-order chi connectivity index (χ0) is 14.8. The number of methoxy groups -OCH3 is 1. The van der Waals surface area contributed by atoms with Crippen LogP contribution < -0.4 is 4.74 Å². The molecule has 0 aliphatic carbocycles. The number of nitrogens with zero attached hydrogens (tertiary/aromatic N) is 1. The molecule has 3 nitrogen and oxygen atoms in total. The van der Waals surface area contributed by atoms with Crippen molar-refractivity contribution in [1.82, 2.24) is 4.90 Å². The normalized spacial score (nSPS) is 23.4. The van der Waals surface area contributed by atoms with E-state index in [4.69, 9.17) is 4.74 Å². The van der Waals surface area contributed by atoms with Gasteiger partial charge >= 0.3 is 0 Å². The van der Waals surface area contributed by atoms with Crippen LogP contribution >= 0.6 is 0 Å². The van der Waals surface area contributed by atoms with Crippen molar-refractivity contribution in [2.75, 3.05) is 13.7 Å². The lowest BCUT2D eigenvalue weighted by Crippen LogP contribution is -2.14. The molecule has 1 aliphatic heterocycles. The molecule has 2 aromatic carbocycles. The first kappa shape index (κ1) is 14.1. The Balaban J connectivity index is 1.69. The van der Waals surface area contributed by atoms with Gasteiger partial charge in [0.25, 0.3) is 0 Å². The summed E-state index contributed by atoms with van der Waals surface area (Å²) in [5, 5.41) is 10.5. The van der Waals surface area contributed by atoms with Crippen LogP contribution in [0.25, 0.3) is 0 Å². The summed E-state index contributed by atoms with van der Waals surface area (Å²) in [6.45, 7) is 3.11. The van der Waals surface area contributed by atoms with Crippen LogP contribution in [-0.2, 0) is 0 Å². The fraction of sp³-hybridized carbons (Fsp3) is 0.333. The second-order valence-corrected chi connectivity index (χ2v) is 5.57. The highest BCUT2D eigenvalue weighted by Crippen LogP contribution is 2.39. The van der Waals surface area contributed by atoms with Crippen molar-refractivity contribution < 1.29 is 9.84 Å². The lowest BCUT2D eigenvalue weighted by Gasteiger charge is -2.17. The first-order valence-electron chi connectivity index (χ1n) is 7.33. The molecule has 0 bridgehead atoms.